The van der Waals surface area contributed by atoms with Gasteiger partial charge in [-0.15, -0.1) is 0 Å². The third-order valence-electron chi connectivity index (χ3n) is 3.97. The van der Waals surface area contributed by atoms with Crippen molar-refractivity contribution in [2.24, 2.45) is 0 Å². The van der Waals surface area contributed by atoms with Gasteiger partial charge in [0.05, 0.1) is 25.2 Å². The van der Waals surface area contributed by atoms with E-state index in [0.717, 1.165) is 0 Å². The molecule has 2 rings (SSSR count). The highest BCUT2D eigenvalue weighted by Crippen LogP contribution is 2.26. The van der Waals surface area contributed by atoms with Crippen molar-refractivity contribution < 1.29 is 22.7 Å². The Morgan fingerprint density at radius 3 is 2.54 bits per heavy atom. The fourth-order valence-electron chi connectivity index (χ4n) is 2.51. The van der Waals surface area contributed by atoms with Gasteiger partial charge in [-0.25, -0.2) is 8.42 Å². The third-order valence-corrected chi connectivity index (χ3v) is 5.86. The molecule has 0 spiro atoms. The number of amides is 1. The molecule has 1 heterocycles. The molecular formula is C16H24N2O5S. The van der Waals surface area contributed by atoms with E-state index in [9.17, 15) is 13.2 Å². The summed E-state index contributed by atoms with van der Waals surface area (Å²) in [6, 6.07) is 4.79. The van der Waals surface area contributed by atoms with Crippen LogP contribution < -0.4 is 4.74 Å². The van der Waals surface area contributed by atoms with Crippen molar-refractivity contribution in [2.75, 3.05) is 47.5 Å². The molecule has 1 aliphatic heterocycles. The lowest BCUT2D eigenvalue weighted by molar-refractivity contribution is -0.128. The van der Waals surface area contributed by atoms with Gasteiger partial charge in [0.1, 0.15) is 5.75 Å². The Kier molecular flexibility index (Phi) is 6.20. The molecule has 0 saturated carbocycles. The molecule has 7 nitrogen and oxygen atoms in total. The van der Waals surface area contributed by atoms with Crippen LogP contribution in [0.5, 0.6) is 5.75 Å². The zero-order chi connectivity index (χ0) is 17.7. The molecule has 0 unspecified atom stereocenters. The summed E-state index contributed by atoms with van der Waals surface area (Å²) in [5.74, 6) is 0.570. The van der Waals surface area contributed by atoms with Gasteiger partial charge in [-0.2, -0.15) is 4.31 Å². The van der Waals surface area contributed by atoms with Crippen LogP contribution in [0, 0.1) is 0 Å². The number of hydrogen-bond acceptors (Lipinski definition) is 5. The number of nitrogens with zero attached hydrogens (tertiary/aromatic N) is 2. The smallest absolute Gasteiger partial charge is 0.243 e. The van der Waals surface area contributed by atoms with Crippen LogP contribution in [0.1, 0.15) is 12.0 Å². The molecule has 134 valence electrons. The number of methoxy groups -OCH3 is 1. The lowest BCUT2D eigenvalue weighted by Gasteiger charge is -2.26. The topological polar surface area (TPSA) is 76.1 Å². The third kappa shape index (κ3) is 4.25. The molecule has 1 aromatic rings. The van der Waals surface area contributed by atoms with Crippen molar-refractivity contribution in [3.05, 3.63) is 23.8 Å². The number of aryl methyl sites for hydroxylation is 1. The lowest BCUT2D eigenvalue weighted by Crippen LogP contribution is -2.40. The molecule has 1 aromatic carbocycles. The fraction of sp³-hybridized carbons (Fsp3) is 0.562. The van der Waals surface area contributed by atoms with Crippen LogP contribution in [0.4, 0.5) is 0 Å². The molecular weight excluding hydrogens is 332 g/mol. The van der Waals surface area contributed by atoms with Gasteiger partial charge >= 0.3 is 0 Å². The highest BCUT2D eigenvalue weighted by atomic mass is 32.2. The number of rotatable bonds is 6. The normalized spacial score (nSPS) is 16.0. The van der Waals surface area contributed by atoms with Crippen LogP contribution in [0.15, 0.2) is 23.1 Å². The van der Waals surface area contributed by atoms with Crippen LogP contribution in [-0.4, -0.2) is 71.0 Å². The van der Waals surface area contributed by atoms with Gasteiger partial charge in [0.15, 0.2) is 0 Å². The van der Waals surface area contributed by atoms with E-state index in [1.807, 2.05) is 0 Å². The fourth-order valence-corrected chi connectivity index (χ4v) is 3.97. The lowest BCUT2D eigenvalue weighted by atomic mass is 10.1. The van der Waals surface area contributed by atoms with Gasteiger partial charge in [-0.05, 0) is 30.2 Å². The Labute approximate surface area is 143 Å². The highest BCUT2D eigenvalue weighted by molar-refractivity contribution is 7.89. The SMILES string of the molecule is COc1ccc(S(=O)(=O)N2CCOCC2)cc1CCC(=O)N(C)C. The molecule has 0 N–H and O–H groups in total. The van der Waals surface area contributed by atoms with Crippen LogP contribution in [0.3, 0.4) is 0 Å². The summed E-state index contributed by atoms with van der Waals surface area (Å²) >= 11 is 0. The predicted molar refractivity (Wildman–Crippen MR) is 89.6 cm³/mol. The first-order chi connectivity index (χ1) is 11.4. The number of benzene rings is 1. The molecule has 0 bridgehead atoms. The second-order valence-corrected chi connectivity index (χ2v) is 7.72. The van der Waals surface area contributed by atoms with E-state index in [0.29, 0.717) is 50.5 Å². The zero-order valence-corrected chi connectivity index (χ0v) is 15.1. The second-order valence-electron chi connectivity index (χ2n) is 5.78. The second kappa shape index (κ2) is 7.96. The first-order valence-corrected chi connectivity index (χ1v) is 9.25. The summed E-state index contributed by atoms with van der Waals surface area (Å²) < 4.78 is 37.4. The first kappa shape index (κ1) is 18.7. The minimum Gasteiger partial charge on any atom is -0.496 e. The summed E-state index contributed by atoms with van der Waals surface area (Å²) in [6.07, 6.45) is 0.719. The predicted octanol–water partition coefficient (Wildman–Crippen LogP) is 0.737. The quantitative estimate of drug-likeness (QED) is 0.751. The Hall–Kier alpha value is -1.64. The van der Waals surface area contributed by atoms with Crippen LogP contribution in [-0.2, 0) is 26.0 Å². The van der Waals surface area contributed by atoms with Crippen molar-refractivity contribution in [1.82, 2.24) is 9.21 Å². The Bertz CT molecular complexity index is 682. The van der Waals surface area contributed by atoms with Crippen LogP contribution in [0.2, 0.25) is 0 Å². The van der Waals surface area contributed by atoms with Crippen molar-refractivity contribution in [1.29, 1.82) is 0 Å². The summed E-state index contributed by atoms with van der Waals surface area (Å²) in [4.78, 5) is 13.5. The molecule has 0 radical (unpaired) electrons. The van der Waals surface area contributed by atoms with E-state index in [2.05, 4.69) is 0 Å². The van der Waals surface area contributed by atoms with Crippen molar-refractivity contribution >= 4 is 15.9 Å². The van der Waals surface area contributed by atoms with Gasteiger partial charge in [0.25, 0.3) is 0 Å². The largest absolute Gasteiger partial charge is 0.496 e. The van der Waals surface area contributed by atoms with E-state index >= 15 is 0 Å². The maximum atomic E-state index is 12.7. The highest BCUT2D eigenvalue weighted by Gasteiger charge is 2.27. The number of carbonyl (C=O) groups excluding carboxylic acids is 1. The molecule has 24 heavy (non-hydrogen) atoms. The van der Waals surface area contributed by atoms with E-state index in [4.69, 9.17) is 9.47 Å². The molecule has 1 fully saturated rings. The van der Waals surface area contributed by atoms with Crippen LogP contribution >= 0.6 is 0 Å². The number of morpholine rings is 1. The standard InChI is InChI=1S/C16H24N2O5S/c1-17(2)16(19)7-4-13-12-14(5-6-15(13)22-3)24(20,21)18-8-10-23-11-9-18/h5-6,12H,4,7-11H2,1-3H3. The maximum Gasteiger partial charge on any atom is 0.243 e. The van der Waals surface area contributed by atoms with Crippen molar-refractivity contribution in [2.45, 2.75) is 17.7 Å². The molecule has 0 aliphatic carbocycles. The van der Waals surface area contributed by atoms with Gasteiger partial charge in [0.2, 0.25) is 15.9 Å². The van der Waals surface area contributed by atoms with E-state index in [1.165, 1.54) is 16.3 Å². The van der Waals surface area contributed by atoms with Crippen LogP contribution in [0.25, 0.3) is 0 Å². The molecule has 1 amide bonds. The van der Waals surface area contributed by atoms with Gasteiger partial charge < -0.3 is 14.4 Å². The molecule has 0 atom stereocenters. The minimum absolute atomic E-state index is 0.0153. The van der Waals surface area contributed by atoms with E-state index < -0.39 is 10.0 Å². The average molecular weight is 356 g/mol. The molecule has 1 saturated heterocycles. The van der Waals surface area contributed by atoms with Crippen molar-refractivity contribution in [3.63, 3.8) is 0 Å². The van der Waals surface area contributed by atoms with Gasteiger partial charge in [-0.1, -0.05) is 0 Å². The summed E-state index contributed by atoms with van der Waals surface area (Å²) in [5.41, 5.74) is 0.710. The number of ether oxygens (including phenoxy) is 2. The number of sulfonamides is 1. The van der Waals surface area contributed by atoms with Gasteiger partial charge in [-0.3, -0.25) is 4.79 Å². The Morgan fingerprint density at radius 1 is 1.29 bits per heavy atom. The summed E-state index contributed by atoms with van der Waals surface area (Å²) in [6.45, 7) is 1.50. The maximum absolute atomic E-state index is 12.7. The first-order valence-electron chi connectivity index (χ1n) is 7.81. The van der Waals surface area contributed by atoms with E-state index in [1.54, 1.807) is 32.3 Å². The zero-order valence-electron chi connectivity index (χ0n) is 14.3. The van der Waals surface area contributed by atoms with Gasteiger partial charge in [0, 0.05) is 33.6 Å². The minimum atomic E-state index is -3.56. The van der Waals surface area contributed by atoms with E-state index in [-0.39, 0.29) is 10.8 Å². The van der Waals surface area contributed by atoms with Crippen molar-refractivity contribution in [3.8, 4) is 5.75 Å². The monoisotopic (exact) mass is 356 g/mol. The molecule has 0 aromatic heterocycles. The molecule has 1 aliphatic rings. The number of hydrogen-bond donors (Lipinski definition) is 0. The molecule has 8 heteroatoms. The summed E-state index contributed by atoms with van der Waals surface area (Å²) in [5, 5.41) is 0. The Morgan fingerprint density at radius 2 is 1.96 bits per heavy atom. The number of carbonyl (C=O) groups is 1. The Balaban J connectivity index is 2.25. The summed E-state index contributed by atoms with van der Waals surface area (Å²) in [7, 11) is 1.36. The average Bonchev–Trinajstić information content (AvgIpc) is 2.59.